The zero-order valence-corrected chi connectivity index (χ0v) is 16.9. The van der Waals surface area contributed by atoms with E-state index in [4.69, 9.17) is 0 Å². The molecule has 0 spiro atoms. The van der Waals surface area contributed by atoms with Crippen LogP contribution < -0.4 is 101 Å². The maximum Gasteiger partial charge on any atom is 3.00 e. The Hall–Kier alpha value is 4.93. The van der Waals surface area contributed by atoms with E-state index in [0.717, 1.165) is 0 Å². The van der Waals surface area contributed by atoms with E-state index < -0.39 is 0 Å². The van der Waals surface area contributed by atoms with E-state index in [-0.39, 0.29) is 153 Å². The summed E-state index contributed by atoms with van der Waals surface area (Å²) >= 11 is 0. The number of rotatable bonds is 0. The maximum absolute atomic E-state index is 0. The van der Waals surface area contributed by atoms with Gasteiger partial charge in [0, 0.05) is 0 Å². The van der Waals surface area contributed by atoms with Gasteiger partial charge in [0.05, 0.1) is 0 Å². The minimum absolute atomic E-state index is 0. The summed E-state index contributed by atoms with van der Waals surface area (Å²) in [5, 5.41) is 0. The van der Waals surface area contributed by atoms with Gasteiger partial charge in [-0.3, -0.25) is 0 Å². The summed E-state index contributed by atoms with van der Waals surface area (Å²) in [5.74, 6) is 0. The zero-order chi connectivity index (χ0) is 0. The largest absolute Gasteiger partial charge is 3.00 e. The molecule has 0 aliphatic rings. The van der Waals surface area contributed by atoms with Crippen molar-refractivity contribution in [2.24, 2.45) is 0 Å². The minimum atomic E-state index is 0. The Kier molecular flexibility index (Phi) is 241. The molecule has 0 aromatic rings. The standard InChI is InChI=1S/3HI.In.Na.Sc/h3*1H;;;/q;;;+3;+1;+3/p-3. The molecule has 0 radical (unpaired) electrons. The van der Waals surface area contributed by atoms with E-state index in [1.807, 2.05) is 0 Å². The molecule has 0 N–H and O–H groups in total. The van der Waals surface area contributed by atoms with Crippen molar-refractivity contribution in [3.8, 4) is 0 Å². The van der Waals surface area contributed by atoms with Gasteiger partial charge < -0.3 is 71.9 Å². The van der Waals surface area contributed by atoms with Gasteiger partial charge in [-0.05, 0) is 0 Å². The minimum Gasteiger partial charge on any atom is -1.00 e. The Labute approximate surface area is 149 Å². The molecule has 0 aromatic heterocycles. The van der Waals surface area contributed by atoms with E-state index in [1.54, 1.807) is 0 Å². The third-order valence-electron chi connectivity index (χ3n) is 0. The van der Waals surface area contributed by atoms with Gasteiger partial charge in [-0.15, -0.1) is 0 Å². The molecule has 0 saturated carbocycles. The molecule has 0 atom stereocenters. The van der Waals surface area contributed by atoms with Gasteiger partial charge >= 0.3 is 81.2 Å². The van der Waals surface area contributed by atoms with Gasteiger partial charge in [0.1, 0.15) is 0 Å². The summed E-state index contributed by atoms with van der Waals surface area (Å²) in [6.07, 6.45) is 0. The Balaban J connectivity index is 0. The Morgan fingerprint density at radius 2 is 0.667 bits per heavy atom. The predicted octanol–water partition coefficient (Wildman–Crippen LogP) is -12.4. The first-order chi connectivity index (χ1) is 0. The van der Waals surface area contributed by atoms with Crippen LogP contribution in [0.25, 0.3) is 0 Å². The number of hydrogen-bond acceptors (Lipinski definition) is 0. The third-order valence-corrected chi connectivity index (χ3v) is 0. The van der Waals surface area contributed by atoms with Crippen molar-refractivity contribution in [1.29, 1.82) is 0 Å². The molecule has 0 unspecified atom stereocenters. The van der Waals surface area contributed by atoms with Crippen molar-refractivity contribution < 1.29 is 127 Å². The van der Waals surface area contributed by atoms with Gasteiger partial charge in [-0.2, -0.15) is 0 Å². The van der Waals surface area contributed by atoms with Crippen LogP contribution in [0, 0.1) is 0 Å². The topological polar surface area (TPSA) is 0 Å². The first kappa shape index (κ1) is 44.3. The fourth-order valence-electron chi connectivity index (χ4n) is 0. The fraction of sp³-hybridized carbons (Fsp3) is 0. The van der Waals surface area contributed by atoms with Crippen LogP contribution in [0.2, 0.25) is 0 Å². The summed E-state index contributed by atoms with van der Waals surface area (Å²) < 4.78 is 0. The summed E-state index contributed by atoms with van der Waals surface area (Å²) in [4.78, 5) is 0. The van der Waals surface area contributed by atoms with E-state index in [1.165, 1.54) is 0 Å². The molecule has 0 saturated heterocycles. The van der Waals surface area contributed by atoms with E-state index in [9.17, 15) is 0 Å². The Morgan fingerprint density at radius 1 is 0.667 bits per heavy atom. The first-order valence-electron chi connectivity index (χ1n) is 0. The molecule has 0 nitrogen and oxygen atoms in total. The molecule has 0 fully saturated rings. The SMILES string of the molecule is [I-].[I-].[I-].[In+3].[Na+].[Sc+3]. The van der Waals surface area contributed by atoms with Crippen LogP contribution >= 0.6 is 0 Å². The van der Waals surface area contributed by atoms with Gasteiger partial charge in [-0.25, -0.2) is 0 Å². The second-order valence-corrected chi connectivity index (χ2v) is 0. The third kappa shape index (κ3) is 23.1. The van der Waals surface area contributed by atoms with Gasteiger partial charge in [0.15, 0.2) is 0 Å². The second kappa shape index (κ2) is 32.6. The molecule has 0 heterocycles. The number of hydrogen-bond donors (Lipinski definition) is 0. The van der Waals surface area contributed by atoms with Crippen molar-refractivity contribution in [2.75, 3.05) is 0 Å². The van der Waals surface area contributed by atoms with E-state index in [2.05, 4.69) is 0 Å². The second-order valence-electron chi connectivity index (χ2n) is 0. The van der Waals surface area contributed by atoms with Crippen LogP contribution in [0.5, 0.6) is 0 Å². The summed E-state index contributed by atoms with van der Waals surface area (Å²) in [7, 11) is 0. The van der Waals surface area contributed by atoms with Crippen LogP contribution in [0.4, 0.5) is 0 Å². The van der Waals surface area contributed by atoms with Crippen molar-refractivity contribution in [3.63, 3.8) is 0 Å². The fourth-order valence-corrected chi connectivity index (χ4v) is 0. The van der Waals surface area contributed by atoms with Crippen LogP contribution in [0.3, 0.4) is 0 Å². The van der Waals surface area contributed by atoms with Crippen molar-refractivity contribution in [3.05, 3.63) is 0 Å². The van der Waals surface area contributed by atoms with Gasteiger partial charge in [0.2, 0.25) is 0 Å². The van der Waals surface area contributed by atoms with Crippen molar-refractivity contribution in [1.82, 2.24) is 0 Å². The van der Waals surface area contributed by atoms with Crippen molar-refractivity contribution in [2.45, 2.75) is 0 Å². The predicted molar refractivity (Wildman–Crippen MR) is 5.75 cm³/mol. The van der Waals surface area contributed by atoms with Gasteiger partial charge in [0.25, 0.3) is 0 Å². The molecular formula is I3InNaSc+4. The number of halogens is 3. The smallest absolute Gasteiger partial charge is 1.00 e. The molecular weight excluding hydrogens is 563 g/mol. The average molecular weight is 563 g/mol. The first-order valence-corrected chi connectivity index (χ1v) is 0. The molecule has 6 heteroatoms. The maximum atomic E-state index is 0. The van der Waals surface area contributed by atoms with Crippen LogP contribution in [-0.4, -0.2) is 25.8 Å². The average Bonchev–Trinajstić information content (AvgIpc) is 0. The summed E-state index contributed by atoms with van der Waals surface area (Å²) in [5.41, 5.74) is 0. The van der Waals surface area contributed by atoms with Crippen molar-refractivity contribution >= 4 is 25.8 Å². The quantitative estimate of drug-likeness (QED) is 0.203. The molecule has 0 aliphatic carbocycles. The molecule has 0 amide bonds. The molecule has 0 aliphatic heterocycles. The monoisotopic (exact) mass is 564 g/mol. The van der Waals surface area contributed by atoms with Crippen LogP contribution in [-0.2, 0) is 25.8 Å². The normalized spacial score (nSPS) is 0. The molecule has 24 valence electrons. The van der Waals surface area contributed by atoms with Crippen LogP contribution in [0.15, 0.2) is 0 Å². The molecule has 0 rings (SSSR count). The van der Waals surface area contributed by atoms with E-state index in [0.29, 0.717) is 0 Å². The molecule has 0 aromatic carbocycles. The van der Waals surface area contributed by atoms with E-state index >= 15 is 0 Å². The molecule has 6 heavy (non-hydrogen) atoms. The molecule has 0 bridgehead atoms. The zero-order valence-electron chi connectivity index (χ0n) is 3.29. The van der Waals surface area contributed by atoms with Crippen LogP contribution in [0.1, 0.15) is 0 Å². The summed E-state index contributed by atoms with van der Waals surface area (Å²) in [6.45, 7) is 0. The Bertz CT molecular complexity index is 10.8. The van der Waals surface area contributed by atoms with Gasteiger partial charge in [-0.1, -0.05) is 0 Å². The Morgan fingerprint density at radius 3 is 0.667 bits per heavy atom. The summed E-state index contributed by atoms with van der Waals surface area (Å²) in [6, 6.07) is 0.